The Morgan fingerprint density at radius 1 is 1.09 bits per heavy atom. The minimum absolute atomic E-state index is 0.0110. The van der Waals surface area contributed by atoms with Crippen LogP contribution in [0.3, 0.4) is 0 Å². The van der Waals surface area contributed by atoms with Gasteiger partial charge in [0.25, 0.3) is 0 Å². The maximum atomic E-state index is 13.0. The fourth-order valence-electron chi connectivity index (χ4n) is 3.83. The van der Waals surface area contributed by atoms with Crippen LogP contribution in [0.25, 0.3) is 22.1 Å². The van der Waals surface area contributed by atoms with E-state index in [9.17, 15) is 9.59 Å². The van der Waals surface area contributed by atoms with Gasteiger partial charge < -0.3 is 14.5 Å². The molecule has 0 aliphatic rings. The van der Waals surface area contributed by atoms with E-state index in [1.807, 2.05) is 42.6 Å². The van der Waals surface area contributed by atoms with Crippen molar-refractivity contribution in [2.75, 3.05) is 11.9 Å². The SMILES string of the molecule is CCOC(=O)c1c(-c2ccc(C)cc2)csc1NC(=O)Cc1coc2ccc(C(C)(C)C)cc12. The Morgan fingerprint density at radius 3 is 2.50 bits per heavy atom. The molecular weight excluding hydrogens is 446 g/mol. The summed E-state index contributed by atoms with van der Waals surface area (Å²) in [4.78, 5) is 25.8. The molecule has 34 heavy (non-hydrogen) atoms. The summed E-state index contributed by atoms with van der Waals surface area (Å²) < 4.78 is 11.0. The van der Waals surface area contributed by atoms with E-state index in [0.717, 1.165) is 33.2 Å². The van der Waals surface area contributed by atoms with Gasteiger partial charge in [-0.3, -0.25) is 4.79 Å². The van der Waals surface area contributed by atoms with Gasteiger partial charge in [-0.25, -0.2) is 4.79 Å². The van der Waals surface area contributed by atoms with Crippen molar-refractivity contribution in [3.8, 4) is 11.1 Å². The van der Waals surface area contributed by atoms with Crippen LogP contribution < -0.4 is 5.32 Å². The van der Waals surface area contributed by atoms with Gasteiger partial charge in [-0.05, 0) is 42.5 Å². The molecule has 0 radical (unpaired) electrons. The molecule has 4 rings (SSSR count). The summed E-state index contributed by atoms with van der Waals surface area (Å²) in [5, 5.41) is 6.24. The zero-order chi connectivity index (χ0) is 24.5. The first-order valence-corrected chi connectivity index (χ1v) is 12.2. The number of esters is 1. The van der Waals surface area contributed by atoms with Gasteiger partial charge in [-0.1, -0.05) is 56.7 Å². The summed E-state index contributed by atoms with van der Waals surface area (Å²) in [6.45, 7) is 10.5. The van der Waals surface area contributed by atoms with Gasteiger partial charge in [0.15, 0.2) is 0 Å². The van der Waals surface area contributed by atoms with Crippen LogP contribution in [0.15, 0.2) is 58.5 Å². The Balaban J connectivity index is 1.62. The van der Waals surface area contributed by atoms with E-state index in [-0.39, 0.29) is 24.3 Å². The second-order valence-corrected chi connectivity index (χ2v) is 10.3. The molecule has 1 amide bonds. The van der Waals surface area contributed by atoms with E-state index in [2.05, 4.69) is 38.2 Å². The number of fused-ring (bicyclic) bond motifs is 1. The van der Waals surface area contributed by atoms with Gasteiger partial charge in [-0.15, -0.1) is 11.3 Å². The second kappa shape index (κ2) is 9.47. The highest BCUT2D eigenvalue weighted by Gasteiger charge is 2.23. The predicted molar refractivity (Wildman–Crippen MR) is 138 cm³/mol. The van der Waals surface area contributed by atoms with Crippen molar-refractivity contribution in [2.45, 2.75) is 46.5 Å². The monoisotopic (exact) mass is 475 g/mol. The molecule has 0 aliphatic heterocycles. The van der Waals surface area contributed by atoms with E-state index in [1.165, 1.54) is 16.9 Å². The first-order valence-electron chi connectivity index (χ1n) is 11.3. The molecule has 0 bridgehead atoms. The highest BCUT2D eigenvalue weighted by atomic mass is 32.1. The number of aryl methyl sites for hydroxylation is 1. The second-order valence-electron chi connectivity index (χ2n) is 9.39. The molecule has 2 aromatic carbocycles. The van der Waals surface area contributed by atoms with Gasteiger partial charge in [-0.2, -0.15) is 0 Å². The maximum Gasteiger partial charge on any atom is 0.341 e. The van der Waals surface area contributed by atoms with E-state index in [1.54, 1.807) is 13.2 Å². The third-order valence-electron chi connectivity index (χ3n) is 5.76. The van der Waals surface area contributed by atoms with Crippen molar-refractivity contribution >= 4 is 39.2 Å². The quantitative estimate of drug-likeness (QED) is 0.301. The summed E-state index contributed by atoms with van der Waals surface area (Å²) in [5.74, 6) is -0.662. The first-order chi connectivity index (χ1) is 16.2. The zero-order valence-corrected chi connectivity index (χ0v) is 21.0. The Morgan fingerprint density at radius 2 is 1.82 bits per heavy atom. The van der Waals surface area contributed by atoms with Crippen molar-refractivity contribution in [2.24, 2.45) is 0 Å². The first kappa shape index (κ1) is 23.8. The highest BCUT2D eigenvalue weighted by Crippen LogP contribution is 2.37. The third kappa shape index (κ3) is 4.92. The highest BCUT2D eigenvalue weighted by molar-refractivity contribution is 7.15. The number of ether oxygens (including phenoxy) is 1. The largest absolute Gasteiger partial charge is 0.464 e. The molecule has 0 atom stereocenters. The molecule has 0 aliphatic carbocycles. The molecule has 0 unspecified atom stereocenters. The molecule has 6 heteroatoms. The standard InChI is InChI=1S/C28H29NO4S/c1-6-32-27(31)25-22(18-9-7-17(2)8-10-18)16-34-26(25)29-24(30)13-19-15-33-23-12-11-20(14-21(19)23)28(3,4)5/h7-12,14-16H,6,13H2,1-5H3,(H,29,30). The van der Waals surface area contributed by atoms with E-state index in [0.29, 0.717) is 10.6 Å². The van der Waals surface area contributed by atoms with Crippen LogP contribution in [-0.4, -0.2) is 18.5 Å². The Hall–Kier alpha value is -3.38. The predicted octanol–water partition coefficient (Wildman–Crippen LogP) is 7.13. The topological polar surface area (TPSA) is 68.5 Å². The summed E-state index contributed by atoms with van der Waals surface area (Å²) >= 11 is 1.32. The summed E-state index contributed by atoms with van der Waals surface area (Å²) in [7, 11) is 0. The number of anilines is 1. The van der Waals surface area contributed by atoms with Crippen molar-refractivity contribution in [3.05, 3.63) is 76.4 Å². The fourth-order valence-corrected chi connectivity index (χ4v) is 4.80. The number of furan rings is 1. The third-order valence-corrected chi connectivity index (χ3v) is 6.65. The van der Waals surface area contributed by atoms with Crippen molar-refractivity contribution < 1.29 is 18.7 Å². The molecule has 2 aromatic heterocycles. The number of rotatable bonds is 6. The molecular formula is C28H29NO4S. The smallest absolute Gasteiger partial charge is 0.341 e. The lowest BCUT2D eigenvalue weighted by Gasteiger charge is -2.18. The number of carbonyl (C=O) groups excluding carboxylic acids is 2. The average Bonchev–Trinajstić information content (AvgIpc) is 3.38. The van der Waals surface area contributed by atoms with Crippen LogP contribution in [0.4, 0.5) is 5.00 Å². The van der Waals surface area contributed by atoms with Crippen LogP contribution in [0.5, 0.6) is 0 Å². The number of thiophene rings is 1. The number of hydrogen-bond acceptors (Lipinski definition) is 5. The van der Waals surface area contributed by atoms with E-state index in [4.69, 9.17) is 9.15 Å². The molecule has 176 valence electrons. The van der Waals surface area contributed by atoms with Crippen LogP contribution >= 0.6 is 11.3 Å². The van der Waals surface area contributed by atoms with Gasteiger partial charge in [0.05, 0.1) is 19.3 Å². The van der Waals surface area contributed by atoms with E-state index < -0.39 is 5.97 Å². The van der Waals surface area contributed by atoms with Crippen LogP contribution in [-0.2, 0) is 21.4 Å². The van der Waals surface area contributed by atoms with Crippen molar-refractivity contribution in [3.63, 3.8) is 0 Å². The van der Waals surface area contributed by atoms with Gasteiger partial charge >= 0.3 is 5.97 Å². The molecule has 0 saturated carbocycles. The number of nitrogens with one attached hydrogen (secondary N) is 1. The Bertz CT molecular complexity index is 1340. The molecule has 0 saturated heterocycles. The number of hydrogen-bond donors (Lipinski definition) is 1. The number of amides is 1. The molecule has 2 heterocycles. The maximum absolute atomic E-state index is 13.0. The average molecular weight is 476 g/mol. The van der Waals surface area contributed by atoms with Crippen molar-refractivity contribution in [1.82, 2.24) is 0 Å². The summed E-state index contributed by atoms with van der Waals surface area (Å²) in [6.07, 6.45) is 1.77. The van der Waals surface area contributed by atoms with Crippen LogP contribution in [0.2, 0.25) is 0 Å². The minimum Gasteiger partial charge on any atom is -0.464 e. The van der Waals surface area contributed by atoms with Gasteiger partial charge in [0, 0.05) is 21.9 Å². The Kier molecular flexibility index (Phi) is 6.62. The van der Waals surface area contributed by atoms with Gasteiger partial charge in [0.2, 0.25) is 5.91 Å². The molecule has 0 fully saturated rings. The lowest BCUT2D eigenvalue weighted by Crippen LogP contribution is -2.16. The molecule has 5 nitrogen and oxygen atoms in total. The van der Waals surface area contributed by atoms with Gasteiger partial charge in [0.1, 0.15) is 16.1 Å². The number of benzene rings is 2. The number of carbonyl (C=O) groups is 2. The lowest BCUT2D eigenvalue weighted by atomic mass is 9.86. The van der Waals surface area contributed by atoms with Crippen molar-refractivity contribution in [1.29, 1.82) is 0 Å². The summed E-state index contributed by atoms with van der Waals surface area (Å²) in [6, 6.07) is 14.0. The Labute approximate surface area is 203 Å². The normalized spacial score (nSPS) is 11.6. The minimum atomic E-state index is -0.446. The molecule has 0 spiro atoms. The molecule has 4 aromatic rings. The lowest BCUT2D eigenvalue weighted by molar-refractivity contribution is -0.115. The van der Waals surface area contributed by atoms with Crippen LogP contribution in [0, 0.1) is 6.92 Å². The van der Waals surface area contributed by atoms with Crippen LogP contribution in [0.1, 0.15) is 54.7 Å². The zero-order valence-electron chi connectivity index (χ0n) is 20.2. The molecule has 1 N–H and O–H groups in total. The fraction of sp³-hybridized carbons (Fsp3) is 0.286. The van der Waals surface area contributed by atoms with E-state index >= 15 is 0 Å². The summed E-state index contributed by atoms with van der Waals surface area (Å²) in [5.41, 5.74) is 5.90.